The van der Waals surface area contributed by atoms with Crippen LogP contribution in [0.1, 0.15) is 5.56 Å². The van der Waals surface area contributed by atoms with Gasteiger partial charge in [-0.05, 0) is 23.8 Å². The van der Waals surface area contributed by atoms with E-state index >= 15 is 0 Å². The lowest BCUT2D eigenvalue weighted by Crippen LogP contribution is -2.33. The third-order valence-corrected chi connectivity index (χ3v) is 3.87. The summed E-state index contributed by atoms with van der Waals surface area (Å²) in [6, 6.07) is 4.73. The van der Waals surface area contributed by atoms with Gasteiger partial charge < -0.3 is 29.2 Å². The molecule has 0 unspecified atom stereocenters. The second-order valence-corrected chi connectivity index (χ2v) is 5.40. The maximum absolute atomic E-state index is 11.9. The number of carbonyl (C=O) groups is 1. The Morgan fingerprint density at radius 3 is 2.87 bits per heavy atom. The van der Waals surface area contributed by atoms with Gasteiger partial charge in [-0.1, -0.05) is 6.07 Å². The highest BCUT2D eigenvalue weighted by Crippen LogP contribution is 2.29. The lowest BCUT2D eigenvalue weighted by molar-refractivity contribution is -0.147. The number of ether oxygens (including phenoxy) is 4. The second-order valence-electron chi connectivity index (χ2n) is 5.40. The molecule has 2 heterocycles. The SMILES string of the molecule is COc1cc(C=CC(=O)O[C@H]2CO[C@H]3[C@@H]2OC[C@H]3O)ccc1O. The zero-order valence-electron chi connectivity index (χ0n) is 12.5. The maximum atomic E-state index is 11.9. The number of carbonyl (C=O) groups excluding carboxylic acids is 1. The van der Waals surface area contributed by atoms with Crippen LogP contribution in [0.4, 0.5) is 0 Å². The predicted molar refractivity (Wildman–Crippen MR) is 79.1 cm³/mol. The van der Waals surface area contributed by atoms with Crippen molar-refractivity contribution in [3.05, 3.63) is 29.8 Å². The smallest absolute Gasteiger partial charge is 0.331 e. The minimum absolute atomic E-state index is 0.0262. The van der Waals surface area contributed by atoms with Gasteiger partial charge in [0.05, 0.1) is 20.3 Å². The molecule has 0 spiro atoms. The number of hydrogen-bond acceptors (Lipinski definition) is 7. The topological polar surface area (TPSA) is 94.5 Å². The Morgan fingerprint density at radius 2 is 2.09 bits per heavy atom. The molecule has 23 heavy (non-hydrogen) atoms. The molecule has 2 aliphatic rings. The van der Waals surface area contributed by atoms with Gasteiger partial charge in [0, 0.05) is 6.08 Å². The fraction of sp³-hybridized carbons (Fsp3) is 0.438. The standard InChI is InChI=1S/C16H18O7/c1-20-12-6-9(2-4-10(12)17)3-5-14(19)23-13-8-22-15-11(18)7-21-16(13)15/h2-6,11,13,15-18H,7-8H2,1H3/t11-,13+,15-,16-/m1/s1. The van der Waals surface area contributed by atoms with Gasteiger partial charge in [0.1, 0.15) is 18.3 Å². The Kier molecular flexibility index (Phi) is 4.51. The Morgan fingerprint density at radius 1 is 1.30 bits per heavy atom. The molecule has 2 saturated heterocycles. The second kappa shape index (κ2) is 6.57. The number of aromatic hydroxyl groups is 1. The maximum Gasteiger partial charge on any atom is 0.331 e. The zero-order chi connectivity index (χ0) is 16.4. The first-order chi connectivity index (χ1) is 11.1. The Bertz CT molecular complexity index is 612. The van der Waals surface area contributed by atoms with Crippen molar-refractivity contribution in [2.45, 2.75) is 24.4 Å². The van der Waals surface area contributed by atoms with E-state index in [1.807, 2.05) is 0 Å². The van der Waals surface area contributed by atoms with Crippen LogP contribution in [-0.2, 0) is 19.0 Å². The van der Waals surface area contributed by atoms with Crippen LogP contribution in [0.15, 0.2) is 24.3 Å². The van der Waals surface area contributed by atoms with Crippen molar-refractivity contribution in [2.75, 3.05) is 20.3 Å². The number of methoxy groups -OCH3 is 1. The van der Waals surface area contributed by atoms with Gasteiger partial charge in [0.2, 0.25) is 0 Å². The number of esters is 1. The number of hydrogen-bond donors (Lipinski definition) is 2. The van der Waals surface area contributed by atoms with E-state index in [4.69, 9.17) is 18.9 Å². The summed E-state index contributed by atoms with van der Waals surface area (Å²) in [6.45, 7) is 0.394. The van der Waals surface area contributed by atoms with E-state index in [1.54, 1.807) is 18.2 Å². The monoisotopic (exact) mass is 322 g/mol. The molecule has 7 heteroatoms. The van der Waals surface area contributed by atoms with E-state index in [0.29, 0.717) is 11.3 Å². The molecular weight excluding hydrogens is 304 g/mol. The molecule has 0 radical (unpaired) electrons. The first-order valence-corrected chi connectivity index (χ1v) is 7.25. The number of rotatable bonds is 4. The van der Waals surface area contributed by atoms with Crippen LogP contribution in [0.2, 0.25) is 0 Å². The van der Waals surface area contributed by atoms with Crippen LogP contribution in [0, 0.1) is 0 Å². The molecule has 3 rings (SSSR count). The average Bonchev–Trinajstić information content (AvgIpc) is 3.10. The molecule has 2 aliphatic heterocycles. The summed E-state index contributed by atoms with van der Waals surface area (Å²) in [5.41, 5.74) is 0.685. The van der Waals surface area contributed by atoms with Crippen molar-refractivity contribution in [1.29, 1.82) is 0 Å². The lowest BCUT2D eigenvalue weighted by atomic mass is 10.1. The lowest BCUT2D eigenvalue weighted by Gasteiger charge is -2.15. The van der Waals surface area contributed by atoms with Crippen molar-refractivity contribution in [3.8, 4) is 11.5 Å². The van der Waals surface area contributed by atoms with Gasteiger partial charge >= 0.3 is 5.97 Å². The molecule has 2 N–H and O–H groups in total. The van der Waals surface area contributed by atoms with Gasteiger partial charge in [-0.15, -0.1) is 0 Å². The van der Waals surface area contributed by atoms with Crippen LogP contribution in [0.25, 0.3) is 6.08 Å². The molecule has 2 fully saturated rings. The Balaban J connectivity index is 1.59. The minimum Gasteiger partial charge on any atom is -0.504 e. The molecule has 0 aromatic heterocycles. The summed E-state index contributed by atoms with van der Waals surface area (Å²) in [7, 11) is 1.45. The number of fused-ring (bicyclic) bond motifs is 1. The summed E-state index contributed by atoms with van der Waals surface area (Å²) in [4.78, 5) is 11.9. The molecule has 0 amide bonds. The van der Waals surface area contributed by atoms with Crippen molar-refractivity contribution in [3.63, 3.8) is 0 Å². The summed E-state index contributed by atoms with van der Waals surface area (Å²) >= 11 is 0. The van der Waals surface area contributed by atoms with Gasteiger partial charge in [-0.3, -0.25) is 0 Å². The summed E-state index contributed by atoms with van der Waals surface area (Å²) < 4.78 is 21.1. The molecular formula is C16H18O7. The van der Waals surface area contributed by atoms with Crippen LogP contribution in [0.3, 0.4) is 0 Å². The highest BCUT2D eigenvalue weighted by Gasteiger charge is 2.48. The van der Waals surface area contributed by atoms with E-state index in [9.17, 15) is 15.0 Å². The van der Waals surface area contributed by atoms with Crippen molar-refractivity contribution < 1.29 is 34.0 Å². The quantitative estimate of drug-likeness (QED) is 0.615. The third-order valence-electron chi connectivity index (χ3n) is 3.87. The molecule has 0 aliphatic carbocycles. The van der Waals surface area contributed by atoms with Crippen LogP contribution in [0.5, 0.6) is 11.5 Å². The number of aliphatic hydroxyl groups is 1. The summed E-state index contributed by atoms with van der Waals surface area (Å²) in [5, 5.41) is 19.2. The molecule has 1 aromatic carbocycles. The van der Waals surface area contributed by atoms with Gasteiger partial charge in [-0.2, -0.15) is 0 Å². The first-order valence-electron chi connectivity index (χ1n) is 7.25. The summed E-state index contributed by atoms with van der Waals surface area (Å²) in [5.74, 6) is -0.185. The normalized spacial score (nSPS) is 29.7. The molecule has 0 saturated carbocycles. The van der Waals surface area contributed by atoms with Gasteiger partial charge in [0.15, 0.2) is 17.6 Å². The van der Waals surface area contributed by atoms with Crippen LogP contribution in [-0.4, -0.2) is 60.9 Å². The molecule has 0 bridgehead atoms. The van der Waals surface area contributed by atoms with E-state index < -0.39 is 30.4 Å². The number of phenols is 1. The minimum atomic E-state index is -0.677. The van der Waals surface area contributed by atoms with Crippen molar-refractivity contribution in [2.24, 2.45) is 0 Å². The van der Waals surface area contributed by atoms with Crippen molar-refractivity contribution >= 4 is 12.0 Å². The van der Waals surface area contributed by atoms with E-state index in [0.717, 1.165) is 0 Å². The number of benzene rings is 1. The molecule has 4 atom stereocenters. The third kappa shape index (κ3) is 3.31. The highest BCUT2D eigenvalue weighted by molar-refractivity contribution is 5.87. The van der Waals surface area contributed by atoms with E-state index in [1.165, 1.54) is 19.3 Å². The van der Waals surface area contributed by atoms with Crippen molar-refractivity contribution in [1.82, 2.24) is 0 Å². The summed E-state index contributed by atoms with van der Waals surface area (Å²) in [6.07, 6.45) is 0.786. The van der Waals surface area contributed by atoms with E-state index in [2.05, 4.69) is 0 Å². The molecule has 7 nitrogen and oxygen atoms in total. The fourth-order valence-corrected chi connectivity index (χ4v) is 2.70. The number of aliphatic hydroxyl groups excluding tert-OH is 1. The first kappa shape index (κ1) is 15.8. The predicted octanol–water partition coefficient (Wildman–Crippen LogP) is 0.484. The molecule has 1 aromatic rings. The van der Waals surface area contributed by atoms with E-state index in [-0.39, 0.29) is 19.0 Å². The number of phenolic OH excluding ortho intramolecular Hbond substituents is 1. The fourth-order valence-electron chi connectivity index (χ4n) is 2.70. The molecule has 124 valence electrons. The van der Waals surface area contributed by atoms with Gasteiger partial charge in [-0.25, -0.2) is 4.79 Å². The van der Waals surface area contributed by atoms with Crippen LogP contribution < -0.4 is 4.74 Å². The Labute approximate surface area is 133 Å². The average molecular weight is 322 g/mol. The van der Waals surface area contributed by atoms with Crippen LogP contribution >= 0.6 is 0 Å². The largest absolute Gasteiger partial charge is 0.504 e. The Hall–Kier alpha value is -2.09. The zero-order valence-corrected chi connectivity index (χ0v) is 12.5. The highest BCUT2D eigenvalue weighted by atomic mass is 16.6. The van der Waals surface area contributed by atoms with Gasteiger partial charge in [0.25, 0.3) is 0 Å².